The Morgan fingerprint density at radius 1 is 0.816 bits per heavy atom. The molecule has 3 aromatic carbocycles. The van der Waals surface area contributed by atoms with Crippen molar-refractivity contribution >= 4 is 52.4 Å². The van der Waals surface area contributed by atoms with E-state index in [1.165, 1.54) is 11.8 Å². The van der Waals surface area contributed by atoms with Crippen molar-refractivity contribution in [2.75, 3.05) is 36.0 Å². The number of benzene rings is 3. The maximum absolute atomic E-state index is 12.5. The van der Waals surface area contributed by atoms with Gasteiger partial charge in [0.1, 0.15) is 11.0 Å². The van der Waals surface area contributed by atoms with Crippen LogP contribution in [0.3, 0.4) is 0 Å². The minimum atomic E-state index is -0.0921. The zero-order valence-electron chi connectivity index (χ0n) is 20.7. The van der Waals surface area contributed by atoms with Gasteiger partial charge in [-0.05, 0) is 35.4 Å². The number of anilines is 2. The Bertz CT molecular complexity index is 1380. The Kier molecular flexibility index (Phi) is 8.68. The molecule has 0 bridgehead atoms. The predicted octanol–water partition coefficient (Wildman–Crippen LogP) is 6.33. The molecule has 38 heavy (non-hydrogen) atoms. The van der Waals surface area contributed by atoms with Crippen molar-refractivity contribution in [1.82, 2.24) is 15.3 Å². The van der Waals surface area contributed by atoms with Gasteiger partial charge in [-0.2, -0.15) is 0 Å². The second kappa shape index (κ2) is 12.5. The minimum absolute atomic E-state index is 0.0921. The molecule has 2 heterocycles. The molecule has 0 spiro atoms. The quantitative estimate of drug-likeness (QED) is 0.153. The summed E-state index contributed by atoms with van der Waals surface area (Å²) in [4.78, 5) is 26.2. The molecule has 0 unspecified atom stereocenters. The molecule has 1 aliphatic heterocycles. The average molecular weight is 565 g/mol. The summed E-state index contributed by atoms with van der Waals surface area (Å²) in [7, 11) is 0. The number of thioether (sulfide) groups is 1. The van der Waals surface area contributed by atoms with E-state index in [2.05, 4.69) is 26.2 Å². The summed E-state index contributed by atoms with van der Waals surface area (Å²) >= 11 is 14.3. The topological polar surface area (TPSA) is 61.4 Å². The largest absolute Gasteiger partial charge is 0.367 e. The van der Waals surface area contributed by atoms with Crippen molar-refractivity contribution in [3.05, 3.63) is 112 Å². The fourth-order valence-corrected chi connectivity index (χ4v) is 5.57. The molecule has 9 heteroatoms. The first kappa shape index (κ1) is 26.4. The summed E-state index contributed by atoms with van der Waals surface area (Å²) in [6, 6.07) is 27.2. The third-order valence-electron chi connectivity index (χ3n) is 6.34. The van der Waals surface area contributed by atoms with Gasteiger partial charge in [0.15, 0.2) is 5.16 Å². The molecule has 0 saturated carbocycles. The van der Waals surface area contributed by atoms with E-state index in [1.807, 2.05) is 78.9 Å². The summed E-state index contributed by atoms with van der Waals surface area (Å²) in [5.74, 6) is 1.41. The fourth-order valence-electron chi connectivity index (χ4n) is 4.28. The summed E-state index contributed by atoms with van der Waals surface area (Å²) in [5, 5.41) is 4.78. The van der Waals surface area contributed by atoms with Gasteiger partial charge in [0.05, 0.1) is 10.7 Å². The molecular formula is C29H27Cl2N5OS. The lowest BCUT2D eigenvalue weighted by Gasteiger charge is -2.37. The van der Waals surface area contributed by atoms with E-state index in [0.717, 1.165) is 53.8 Å². The van der Waals surface area contributed by atoms with Crippen molar-refractivity contribution in [3.63, 3.8) is 0 Å². The van der Waals surface area contributed by atoms with E-state index in [0.29, 0.717) is 28.2 Å². The van der Waals surface area contributed by atoms with Crippen molar-refractivity contribution in [2.45, 2.75) is 17.5 Å². The van der Waals surface area contributed by atoms with Gasteiger partial charge in [-0.25, -0.2) is 9.97 Å². The number of nitrogens with one attached hydrogen (secondary N) is 1. The predicted molar refractivity (Wildman–Crippen MR) is 157 cm³/mol. The van der Waals surface area contributed by atoms with E-state index in [1.54, 1.807) is 0 Å². The van der Waals surface area contributed by atoms with Crippen molar-refractivity contribution in [1.29, 1.82) is 0 Å². The van der Waals surface area contributed by atoms with Gasteiger partial charge < -0.3 is 15.1 Å². The first-order valence-electron chi connectivity index (χ1n) is 12.4. The highest BCUT2D eigenvalue weighted by Crippen LogP contribution is 2.29. The lowest BCUT2D eigenvalue weighted by atomic mass is 10.1. The van der Waals surface area contributed by atoms with Crippen LogP contribution in [0.15, 0.2) is 90.1 Å². The van der Waals surface area contributed by atoms with Crippen LogP contribution in [0, 0.1) is 0 Å². The number of rotatable bonds is 8. The highest BCUT2D eigenvalue weighted by atomic mass is 35.5. The molecule has 5 rings (SSSR count). The van der Waals surface area contributed by atoms with Crippen LogP contribution in [-0.4, -0.2) is 42.1 Å². The summed E-state index contributed by atoms with van der Waals surface area (Å²) in [5.41, 5.74) is 3.84. The van der Waals surface area contributed by atoms with E-state index < -0.39 is 0 Å². The van der Waals surface area contributed by atoms with Gasteiger partial charge in [0.25, 0.3) is 5.91 Å². The van der Waals surface area contributed by atoms with Crippen molar-refractivity contribution in [3.8, 4) is 0 Å². The molecule has 0 radical (unpaired) electrons. The van der Waals surface area contributed by atoms with Gasteiger partial charge in [0, 0.05) is 50.1 Å². The lowest BCUT2D eigenvalue weighted by Crippen LogP contribution is -2.47. The van der Waals surface area contributed by atoms with Crippen molar-refractivity contribution < 1.29 is 4.79 Å². The van der Waals surface area contributed by atoms with Gasteiger partial charge >= 0.3 is 0 Å². The number of hydrogen-bond acceptors (Lipinski definition) is 6. The molecule has 6 nitrogen and oxygen atoms in total. The van der Waals surface area contributed by atoms with Gasteiger partial charge in [0.2, 0.25) is 0 Å². The first-order chi connectivity index (χ1) is 18.5. The van der Waals surface area contributed by atoms with E-state index in [9.17, 15) is 4.79 Å². The summed E-state index contributed by atoms with van der Waals surface area (Å²) in [6.45, 7) is 3.83. The molecular weight excluding hydrogens is 537 g/mol. The van der Waals surface area contributed by atoms with E-state index >= 15 is 0 Å². The molecule has 4 aromatic rings. The molecule has 1 aliphatic rings. The standard InChI is InChI=1S/C29H27Cl2N5OS/c30-24-8-4-5-9-25(24)35-14-16-36(17-15-35)27-18-26(31)33-29(34-27)38-20-22-10-12-23(13-11-22)28(37)32-19-21-6-2-1-3-7-21/h1-13,18H,14-17,19-20H2,(H,32,37). The first-order valence-corrected chi connectivity index (χ1v) is 14.1. The number of nitrogens with zero attached hydrogens (tertiary/aromatic N) is 4. The zero-order valence-corrected chi connectivity index (χ0v) is 23.0. The maximum Gasteiger partial charge on any atom is 0.251 e. The second-order valence-electron chi connectivity index (χ2n) is 8.91. The van der Waals surface area contributed by atoms with Crippen LogP contribution in [0.2, 0.25) is 10.2 Å². The number of halogens is 2. The number of carbonyl (C=O) groups is 1. The average Bonchev–Trinajstić information content (AvgIpc) is 2.96. The maximum atomic E-state index is 12.5. The normalized spacial score (nSPS) is 13.4. The summed E-state index contributed by atoms with van der Waals surface area (Å²) < 4.78 is 0. The second-order valence-corrected chi connectivity index (χ2v) is 10.6. The minimum Gasteiger partial charge on any atom is -0.367 e. The molecule has 194 valence electrons. The Balaban J connectivity index is 1.15. The Morgan fingerprint density at radius 3 is 2.24 bits per heavy atom. The number of amides is 1. The monoisotopic (exact) mass is 563 g/mol. The van der Waals surface area contributed by atoms with Crippen LogP contribution in [0.4, 0.5) is 11.5 Å². The van der Waals surface area contributed by atoms with Crippen LogP contribution < -0.4 is 15.1 Å². The SMILES string of the molecule is O=C(NCc1ccccc1)c1ccc(CSc2nc(Cl)cc(N3CCN(c4ccccc4Cl)CC3)n2)cc1. The molecule has 0 aliphatic carbocycles. The highest BCUT2D eigenvalue weighted by Gasteiger charge is 2.21. The Labute approximate surface area is 237 Å². The van der Waals surface area contributed by atoms with Gasteiger partial charge in [-0.1, -0.05) is 89.6 Å². The number of piperazine rings is 1. The van der Waals surface area contributed by atoms with Crippen LogP contribution in [0.1, 0.15) is 21.5 Å². The Hall–Kier alpha value is -3.26. The molecule has 1 saturated heterocycles. The molecule has 1 N–H and O–H groups in total. The number of hydrogen-bond donors (Lipinski definition) is 1. The van der Waals surface area contributed by atoms with Gasteiger partial charge in [-0.3, -0.25) is 4.79 Å². The van der Waals surface area contributed by atoms with Gasteiger partial charge in [-0.15, -0.1) is 0 Å². The van der Waals surface area contributed by atoms with Crippen LogP contribution in [-0.2, 0) is 12.3 Å². The summed E-state index contributed by atoms with van der Waals surface area (Å²) in [6.07, 6.45) is 0. The molecule has 1 amide bonds. The molecule has 1 aromatic heterocycles. The van der Waals surface area contributed by atoms with Crippen LogP contribution in [0.25, 0.3) is 0 Å². The third-order valence-corrected chi connectivity index (χ3v) is 7.77. The third kappa shape index (κ3) is 6.78. The number of carbonyl (C=O) groups excluding carboxylic acids is 1. The lowest BCUT2D eigenvalue weighted by molar-refractivity contribution is 0.0951. The smallest absolute Gasteiger partial charge is 0.251 e. The number of para-hydroxylation sites is 1. The van der Waals surface area contributed by atoms with Crippen molar-refractivity contribution in [2.24, 2.45) is 0 Å². The van der Waals surface area contributed by atoms with Crippen LogP contribution >= 0.6 is 35.0 Å². The van der Waals surface area contributed by atoms with Crippen LogP contribution in [0.5, 0.6) is 0 Å². The van der Waals surface area contributed by atoms with E-state index in [4.69, 9.17) is 28.2 Å². The highest BCUT2D eigenvalue weighted by molar-refractivity contribution is 7.98. The van der Waals surface area contributed by atoms with E-state index in [-0.39, 0.29) is 5.91 Å². The zero-order chi connectivity index (χ0) is 26.3. The molecule has 0 atom stereocenters. The Morgan fingerprint density at radius 2 is 1.50 bits per heavy atom. The molecule has 1 fully saturated rings. The number of aromatic nitrogens is 2. The fraction of sp³-hybridized carbons (Fsp3) is 0.207.